The molecule has 0 bridgehead atoms. The topological polar surface area (TPSA) is 71.2 Å². The van der Waals surface area contributed by atoms with Gasteiger partial charge in [-0.15, -0.1) is 11.3 Å². The van der Waals surface area contributed by atoms with Crippen LogP contribution in [0.25, 0.3) is 10.2 Å². The van der Waals surface area contributed by atoms with Gasteiger partial charge in [-0.05, 0) is 30.9 Å². The lowest BCUT2D eigenvalue weighted by atomic mass is 9.84. The maximum atomic E-state index is 9.24. The van der Waals surface area contributed by atoms with Gasteiger partial charge < -0.3 is 16.2 Å². The highest BCUT2D eigenvalue weighted by molar-refractivity contribution is 7.18. The Morgan fingerprint density at radius 1 is 1.40 bits per heavy atom. The fourth-order valence-electron chi connectivity index (χ4n) is 2.27. The first-order valence-electron chi connectivity index (χ1n) is 6.85. The first-order chi connectivity index (χ1) is 9.31. The molecule has 0 spiro atoms. The molecule has 1 heterocycles. The number of aliphatic hydroxyl groups excluding tert-OH is 1. The van der Waals surface area contributed by atoms with Crippen LogP contribution >= 0.6 is 11.3 Å². The van der Waals surface area contributed by atoms with Gasteiger partial charge in [0.05, 0.1) is 26.6 Å². The first-order valence-corrected chi connectivity index (χ1v) is 7.67. The minimum atomic E-state index is 0.0438. The summed E-state index contributed by atoms with van der Waals surface area (Å²) in [4.78, 5) is 4.50. The van der Waals surface area contributed by atoms with Gasteiger partial charge in [-0.2, -0.15) is 0 Å². The predicted molar refractivity (Wildman–Crippen MR) is 87.3 cm³/mol. The Hall–Kier alpha value is -1.33. The highest BCUT2D eigenvalue weighted by atomic mass is 32.1. The van der Waals surface area contributed by atoms with E-state index in [1.165, 1.54) is 0 Å². The predicted octanol–water partition coefficient (Wildman–Crippen LogP) is 3.40. The largest absolute Gasteiger partial charge is 0.397 e. The molecule has 1 unspecified atom stereocenters. The Balaban J connectivity index is 2.33. The molecule has 0 amide bonds. The van der Waals surface area contributed by atoms with Crippen molar-refractivity contribution >= 4 is 32.9 Å². The fourth-order valence-corrected chi connectivity index (χ4v) is 3.13. The number of nitrogen functional groups attached to an aromatic ring is 1. The molecule has 0 aliphatic carbocycles. The summed E-state index contributed by atoms with van der Waals surface area (Å²) in [5, 5.41) is 13.8. The van der Waals surface area contributed by atoms with Crippen molar-refractivity contribution < 1.29 is 5.11 Å². The second kappa shape index (κ2) is 5.58. The zero-order valence-corrected chi connectivity index (χ0v) is 13.3. The lowest BCUT2D eigenvalue weighted by Gasteiger charge is -2.32. The van der Waals surface area contributed by atoms with Gasteiger partial charge in [0.1, 0.15) is 0 Å². The van der Waals surface area contributed by atoms with Crippen LogP contribution in [-0.4, -0.2) is 22.7 Å². The Morgan fingerprint density at radius 3 is 2.70 bits per heavy atom. The Kier molecular flexibility index (Phi) is 4.20. The summed E-state index contributed by atoms with van der Waals surface area (Å²) in [5.41, 5.74) is 8.78. The van der Waals surface area contributed by atoms with E-state index in [0.29, 0.717) is 6.42 Å². The number of benzene rings is 1. The van der Waals surface area contributed by atoms with E-state index in [0.717, 1.165) is 26.6 Å². The van der Waals surface area contributed by atoms with Gasteiger partial charge >= 0.3 is 0 Å². The molecule has 0 aliphatic heterocycles. The van der Waals surface area contributed by atoms with E-state index in [4.69, 9.17) is 5.73 Å². The summed E-state index contributed by atoms with van der Waals surface area (Å²) in [6.07, 6.45) is 0.692. The molecule has 0 aliphatic rings. The van der Waals surface area contributed by atoms with Crippen molar-refractivity contribution in [3.05, 3.63) is 17.1 Å². The molecular weight excluding hydrogens is 270 g/mol. The number of hydrogen-bond donors (Lipinski definition) is 3. The van der Waals surface area contributed by atoms with E-state index in [9.17, 15) is 5.11 Å². The molecular formula is C15H23N3OS. The van der Waals surface area contributed by atoms with Gasteiger partial charge in [-0.1, -0.05) is 20.8 Å². The number of nitrogens with two attached hydrogens (primary N) is 1. The SMILES string of the molecule is Cc1nc2cc(NC(CCO)C(C)(C)C)c(N)cc2s1. The summed E-state index contributed by atoms with van der Waals surface area (Å²) in [7, 11) is 0. The monoisotopic (exact) mass is 293 g/mol. The summed E-state index contributed by atoms with van der Waals surface area (Å²) in [5.74, 6) is 0. The number of aromatic nitrogens is 1. The minimum Gasteiger partial charge on any atom is -0.397 e. The van der Waals surface area contributed by atoms with Crippen LogP contribution in [0.4, 0.5) is 11.4 Å². The highest BCUT2D eigenvalue weighted by Gasteiger charge is 2.24. The molecule has 4 nitrogen and oxygen atoms in total. The molecule has 110 valence electrons. The van der Waals surface area contributed by atoms with Crippen LogP contribution in [0.15, 0.2) is 12.1 Å². The molecule has 0 saturated heterocycles. The van der Waals surface area contributed by atoms with Crippen molar-refractivity contribution in [2.45, 2.75) is 40.2 Å². The van der Waals surface area contributed by atoms with Crippen LogP contribution in [0.2, 0.25) is 0 Å². The van der Waals surface area contributed by atoms with E-state index in [1.54, 1.807) is 11.3 Å². The smallest absolute Gasteiger partial charge is 0.0907 e. The van der Waals surface area contributed by atoms with Crippen molar-refractivity contribution in [3.8, 4) is 0 Å². The van der Waals surface area contributed by atoms with Gasteiger partial charge in [-0.25, -0.2) is 4.98 Å². The number of aryl methyl sites for hydroxylation is 1. The number of nitrogens with zero attached hydrogens (tertiary/aromatic N) is 1. The zero-order valence-electron chi connectivity index (χ0n) is 12.5. The second-order valence-electron chi connectivity index (χ2n) is 6.22. The van der Waals surface area contributed by atoms with Crippen molar-refractivity contribution in [3.63, 3.8) is 0 Å². The van der Waals surface area contributed by atoms with Gasteiger partial charge in [0.2, 0.25) is 0 Å². The number of anilines is 2. The zero-order chi connectivity index (χ0) is 14.9. The van der Waals surface area contributed by atoms with E-state index in [2.05, 4.69) is 31.1 Å². The van der Waals surface area contributed by atoms with Gasteiger partial charge in [-0.3, -0.25) is 0 Å². The summed E-state index contributed by atoms with van der Waals surface area (Å²) in [6.45, 7) is 8.62. The first kappa shape index (κ1) is 15.1. The van der Waals surface area contributed by atoms with Crippen molar-refractivity contribution in [2.24, 2.45) is 5.41 Å². The third-order valence-corrected chi connectivity index (χ3v) is 4.39. The average Bonchev–Trinajstić information content (AvgIpc) is 2.66. The molecule has 2 aromatic rings. The van der Waals surface area contributed by atoms with Gasteiger partial charge in [0, 0.05) is 12.6 Å². The van der Waals surface area contributed by atoms with E-state index < -0.39 is 0 Å². The number of fused-ring (bicyclic) bond motifs is 1. The van der Waals surface area contributed by atoms with E-state index >= 15 is 0 Å². The molecule has 1 aromatic heterocycles. The molecule has 5 heteroatoms. The normalized spacial score (nSPS) is 13.7. The lowest BCUT2D eigenvalue weighted by Crippen LogP contribution is -2.35. The number of thiazole rings is 1. The maximum absolute atomic E-state index is 9.24. The van der Waals surface area contributed by atoms with Crippen molar-refractivity contribution in [2.75, 3.05) is 17.7 Å². The van der Waals surface area contributed by atoms with Crippen LogP contribution in [0, 0.1) is 12.3 Å². The third kappa shape index (κ3) is 3.22. The lowest BCUT2D eigenvalue weighted by molar-refractivity contribution is 0.235. The number of aliphatic hydroxyl groups is 1. The molecule has 0 fully saturated rings. The number of nitrogens with one attached hydrogen (secondary N) is 1. The Morgan fingerprint density at radius 2 is 2.10 bits per heavy atom. The Bertz CT molecular complexity index is 601. The highest BCUT2D eigenvalue weighted by Crippen LogP contribution is 2.32. The standard InChI is InChI=1S/C15H23N3OS/c1-9-17-12-8-11(10(16)7-13(12)20-9)18-14(5-6-19)15(2,3)4/h7-8,14,18-19H,5-6,16H2,1-4H3. The molecule has 2 rings (SSSR count). The van der Waals surface area contributed by atoms with Crippen LogP contribution in [0.5, 0.6) is 0 Å². The third-order valence-electron chi connectivity index (χ3n) is 3.46. The summed E-state index contributed by atoms with van der Waals surface area (Å²) in [6, 6.07) is 4.14. The Labute approximate surface area is 124 Å². The van der Waals surface area contributed by atoms with Crippen LogP contribution in [-0.2, 0) is 0 Å². The van der Waals surface area contributed by atoms with Crippen molar-refractivity contribution in [1.82, 2.24) is 4.98 Å². The van der Waals surface area contributed by atoms with Crippen molar-refractivity contribution in [1.29, 1.82) is 0 Å². The van der Waals surface area contributed by atoms with Gasteiger partial charge in [0.15, 0.2) is 0 Å². The van der Waals surface area contributed by atoms with E-state index in [1.807, 2.05) is 19.1 Å². The number of rotatable bonds is 4. The molecule has 4 N–H and O–H groups in total. The molecule has 0 radical (unpaired) electrons. The molecule has 1 atom stereocenters. The van der Waals surface area contributed by atoms with Crippen LogP contribution in [0.1, 0.15) is 32.2 Å². The van der Waals surface area contributed by atoms with Crippen LogP contribution < -0.4 is 11.1 Å². The second-order valence-corrected chi connectivity index (χ2v) is 7.45. The van der Waals surface area contributed by atoms with Gasteiger partial charge in [0.25, 0.3) is 0 Å². The minimum absolute atomic E-state index is 0.0438. The van der Waals surface area contributed by atoms with E-state index in [-0.39, 0.29) is 18.1 Å². The fraction of sp³-hybridized carbons (Fsp3) is 0.533. The maximum Gasteiger partial charge on any atom is 0.0907 e. The summed E-state index contributed by atoms with van der Waals surface area (Å²) >= 11 is 1.65. The quantitative estimate of drug-likeness (QED) is 0.756. The molecule has 20 heavy (non-hydrogen) atoms. The average molecular weight is 293 g/mol. The molecule has 0 saturated carbocycles. The summed E-state index contributed by atoms with van der Waals surface area (Å²) < 4.78 is 1.11. The number of hydrogen-bond acceptors (Lipinski definition) is 5. The molecule has 1 aromatic carbocycles. The van der Waals surface area contributed by atoms with Crippen LogP contribution in [0.3, 0.4) is 0 Å².